The van der Waals surface area contributed by atoms with Crippen molar-refractivity contribution in [2.24, 2.45) is 0 Å². The predicted molar refractivity (Wildman–Crippen MR) is 85.2 cm³/mol. The minimum absolute atomic E-state index is 0.407. The van der Waals surface area contributed by atoms with E-state index < -0.39 is 11.9 Å². The Morgan fingerprint density at radius 3 is 2.10 bits per heavy atom. The predicted octanol–water partition coefficient (Wildman–Crippen LogP) is 2.74. The summed E-state index contributed by atoms with van der Waals surface area (Å²) in [5.74, 6) is -1.24. The van der Waals surface area contributed by atoms with Gasteiger partial charge in [-0.2, -0.15) is 25.3 Å². The van der Waals surface area contributed by atoms with E-state index in [0.29, 0.717) is 22.6 Å². The second kappa shape index (κ2) is 7.81. The van der Waals surface area contributed by atoms with Gasteiger partial charge < -0.3 is 10.2 Å². The van der Waals surface area contributed by atoms with E-state index in [-0.39, 0.29) is 0 Å². The molecule has 0 saturated heterocycles. The van der Waals surface area contributed by atoms with Gasteiger partial charge in [0.2, 0.25) is 0 Å². The topological polar surface area (TPSA) is 74.6 Å². The van der Waals surface area contributed by atoms with Gasteiger partial charge in [-0.3, -0.25) is 0 Å². The zero-order chi connectivity index (χ0) is 15.1. The molecule has 2 N–H and O–H groups in total. The first-order chi connectivity index (χ1) is 9.49. The minimum Gasteiger partial charge on any atom is -0.478 e. The van der Waals surface area contributed by atoms with E-state index in [1.165, 1.54) is 12.2 Å². The van der Waals surface area contributed by atoms with Crippen LogP contribution in [0.5, 0.6) is 0 Å². The van der Waals surface area contributed by atoms with Gasteiger partial charge in [0, 0.05) is 23.7 Å². The van der Waals surface area contributed by atoms with Crippen LogP contribution in [0.1, 0.15) is 22.3 Å². The van der Waals surface area contributed by atoms with Crippen LogP contribution in [0.15, 0.2) is 24.3 Å². The number of aliphatic carboxylic acids is 2. The highest BCUT2D eigenvalue weighted by Gasteiger charge is 2.09. The van der Waals surface area contributed by atoms with E-state index in [1.807, 2.05) is 6.07 Å². The van der Waals surface area contributed by atoms with E-state index >= 15 is 0 Å². The number of rotatable bonds is 6. The lowest BCUT2D eigenvalue weighted by Gasteiger charge is -2.12. The van der Waals surface area contributed by atoms with Crippen molar-refractivity contribution in [1.82, 2.24) is 0 Å². The van der Waals surface area contributed by atoms with Gasteiger partial charge in [-0.1, -0.05) is 12.1 Å². The number of carboxylic acids is 2. The summed E-state index contributed by atoms with van der Waals surface area (Å²) in [5, 5.41) is 17.4. The van der Waals surface area contributed by atoms with Crippen LogP contribution in [0.3, 0.4) is 0 Å². The summed E-state index contributed by atoms with van der Waals surface area (Å²) in [5.41, 5.74) is 3.04. The second-order valence-electron chi connectivity index (χ2n) is 3.87. The maximum atomic E-state index is 10.7. The molecule has 0 fully saturated rings. The molecule has 1 rings (SSSR count). The molecular formula is C14H14O4S2. The van der Waals surface area contributed by atoms with Crippen molar-refractivity contribution >= 4 is 49.3 Å². The van der Waals surface area contributed by atoms with Gasteiger partial charge in [0.25, 0.3) is 0 Å². The van der Waals surface area contributed by atoms with Crippen molar-refractivity contribution in [3.05, 3.63) is 46.5 Å². The van der Waals surface area contributed by atoms with E-state index in [2.05, 4.69) is 25.3 Å². The van der Waals surface area contributed by atoms with Crippen molar-refractivity contribution < 1.29 is 19.8 Å². The van der Waals surface area contributed by atoms with Crippen LogP contribution < -0.4 is 0 Å². The molecule has 106 valence electrons. The summed E-state index contributed by atoms with van der Waals surface area (Å²) in [6.45, 7) is 0. The first-order valence-electron chi connectivity index (χ1n) is 5.68. The number of carboxylic acid groups (broad SMARTS) is 2. The summed E-state index contributed by atoms with van der Waals surface area (Å²) < 4.78 is 0. The molecule has 0 atom stereocenters. The first kappa shape index (κ1) is 16.4. The van der Waals surface area contributed by atoms with Crippen molar-refractivity contribution in [1.29, 1.82) is 0 Å². The highest BCUT2D eigenvalue weighted by atomic mass is 32.1. The summed E-state index contributed by atoms with van der Waals surface area (Å²) in [4.78, 5) is 21.3. The number of benzene rings is 1. The smallest absolute Gasteiger partial charge is 0.328 e. The molecule has 0 unspecified atom stereocenters. The molecule has 0 saturated carbocycles. The van der Waals surface area contributed by atoms with Crippen molar-refractivity contribution in [2.75, 3.05) is 0 Å². The molecule has 0 aliphatic heterocycles. The van der Waals surface area contributed by atoms with Crippen molar-refractivity contribution in [2.45, 2.75) is 11.5 Å². The summed E-state index contributed by atoms with van der Waals surface area (Å²) in [6.07, 6.45) is 4.90. The van der Waals surface area contributed by atoms with E-state index in [9.17, 15) is 9.59 Å². The van der Waals surface area contributed by atoms with E-state index in [1.54, 1.807) is 6.07 Å². The average molecular weight is 310 g/mol. The average Bonchev–Trinajstić information content (AvgIpc) is 2.41. The molecule has 1 aromatic carbocycles. The van der Waals surface area contributed by atoms with Crippen LogP contribution in [-0.2, 0) is 21.1 Å². The fraction of sp³-hybridized carbons (Fsp3) is 0.143. The molecule has 1 aromatic rings. The fourth-order valence-corrected chi connectivity index (χ4v) is 2.39. The Balaban J connectivity index is 3.43. The molecule has 0 aromatic heterocycles. The van der Waals surface area contributed by atoms with Crippen molar-refractivity contribution in [3.63, 3.8) is 0 Å². The van der Waals surface area contributed by atoms with Crippen LogP contribution in [0.4, 0.5) is 0 Å². The zero-order valence-corrected chi connectivity index (χ0v) is 12.3. The molecule has 0 amide bonds. The number of hydrogen-bond donors (Lipinski definition) is 4. The van der Waals surface area contributed by atoms with Crippen molar-refractivity contribution in [3.8, 4) is 0 Å². The summed E-state index contributed by atoms with van der Waals surface area (Å²) in [7, 11) is 0. The SMILES string of the molecule is O=C(O)C=Cc1ccc(CS)c(CS)c1C=CC(=O)O. The maximum Gasteiger partial charge on any atom is 0.328 e. The quantitative estimate of drug-likeness (QED) is 0.481. The van der Waals surface area contributed by atoms with Gasteiger partial charge >= 0.3 is 11.9 Å². The molecule has 4 nitrogen and oxygen atoms in total. The van der Waals surface area contributed by atoms with Gasteiger partial charge in [0.15, 0.2) is 0 Å². The highest BCUT2D eigenvalue weighted by molar-refractivity contribution is 7.79. The number of thiol groups is 2. The molecule has 0 aliphatic rings. The number of carbonyl (C=O) groups is 2. The van der Waals surface area contributed by atoms with Gasteiger partial charge in [0.05, 0.1) is 0 Å². The molecule has 0 aliphatic carbocycles. The van der Waals surface area contributed by atoms with Crippen LogP contribution in [0.2, 0.25) is 0 Å². The third-order valence-electron chi connectivity index (χ3n) is 2.61. The van der Waals surface area contributed by atoms with Crippen LogP contribution in [0, 0.1) is 0 Å². The molecular weight excluding hydrogens is 296 g/mol. The largest absolute Gasteiger partial charge is 0.478 e. The van der Waals surface area contributed by atoms with E-state index in [4.69, 9.17) is 10.2 Å². The Morgan fingerprint density at radius 2 is 1.60 bits per heavy atom. The third-order valence-corrected chi connectivity index (χ3v) is 3.27. The molecule has 20 heavy (non-hydrogen) atoms. The molecule has 0 radical (unpaired) electrons. The third kappa shape index (κ3) is 4.47. The lowest BCUT2D eigenvalue weighted by atomic mass is 9.96. The Morgan fingerprint density at radius 1 is 1.00 bits per heavy atom. The van der Waals surface area contributed by atoms with Gasteiger partial charge in [-0.05, 0) is 34.4 Å². The van der Waals surface area contributed by atoms with Gasteiger partial charge in [0.1, 0.15) is 0 Å². The normalized spacial score (nSPS) is 11.3. The molecule has 0 spiro atoms. The molecule has 6 heteroatoms. The second-order valence-corrected chi connectivity index (χ2v) is 4.50. The van der Waals surface area contributed by atoms with Crippen LogP contribution in [-0.4, -0.2) is 22.2 Å². The molecule has 0 heterocycles. The zero-order valence-electron chi connectivity index (χ0n) is 10.5. The molecule has 0 bridgehead atoms. The van der Waals surface area contributed by atoms with Crippen LogP contribution >= 0.6 is 25.3 Å². The Bertz CT molecular complexity index is 577. The lowest BCUT2D eigenvalue weighted by Crippen LogP contribution is -1.97. The van der Waals surface area contributed by atoms with Crippen LogP contribution in [0.25, 0.3) is 12.2 Å². The maximum absolute atomic E-state index is 10.7. The van der Waals surface area contributed by atoms with Gasteiger partial charge in [-0.15, -0.1) is 0 Å². The van der Waals surface area contributed by atoms with Gasteiger partial charge in [-0.25, -0.2) is 9.59 Å². The highest BCUT2D eigenvalue weighted by Crippen LogP contribution is 2.25. The number of hydrogen-bond acceptors (Lipinski definition) is 4. The Kier molecular flexibility index (Phi) is 6.41. The summed E-state index contributed by atoms with van der Waals surface area (Å²) in [6, 6.07) is 3.57. The van der Waals surface area contributed by atoms with E-state index in [0.717, 1.165) is 23.3 Å². The minimum atomic E-state index is -1.07. The standard InChI is InChI=1S/C14H14O4S2/c15-13(16)5-3-9-1-2-10(7-19)12(8-20)11(9)4-6-14(17)18/h1-6,19-20H,7-8H2,(H,15,16)(H,17,18). The Labute approximate surface area is 127 Å². The Hall–Kier alpha value is -1.66. The summed E-state index contributed by atoms with van der Waals surface area (Å²) >= 11 is 8.47. The first-order valence-corrected chi connectivity index (χ1v) is 6.94. The lowest BCUT2D eigenvalue weighted by molar-refractivity contribution is -0.132. The fourth-order valence-electron chi connectivity index (χ4n) is 1.72. The monoisotopic (exact) mass is 310 g/mol.